The molecule has 3 rings (SSSR count). The fraction of sp³-hybridized carbons (Fsp3) is 0.0588. The highest BCUT2D eigenvalue weighted by Gasteiger charge is 2.13. The number of nitrogens with zero attached hydrogens (tertiary/aromatic N) is 1. The van der Waals surface area contributed by atoms with Crippen molar-refractivity contribution in [3.8, 4) is 17.2 Å². The van der Waals surface area contributed by atoms with E-state index < -0.39 is 5.63 Å². The molecular weight excluding hydrogens is 264 g/mol. The number of aryl methyl sites for hydroxylation is 1. The summed E-state index contributed by atoms with van der Waals surface area (Å²) < 4.78 is 5.36. The molecule has 2 N–H and O–H groups in total. The number of nitrogens with two attached hydrogens (primary N) is 1. The quantitative estimate of drug-likeness (QED) is 0.546. The van der Waals surface area contributed by atoms with Crippen molar-refractivity contribution in [3.05, 3.63) is 64.0 Å². The van der Waals surface area contributed by atoms with Crippen LogP contribution in [0.1, 0.15) is 11.1 Å². The second-order valence-electron chi connectivity index (χ2n) is 4.84. The highest BCUT2D eigenvalue weighted by Crippen LogP contribution is 2.28. The molecule has 0 unspecified atom stereocenters. The minimum absolute atomic E-state index is 0.430. The molecule has 1 heterocycles. The van der Waals surface area contributed by atoms with E-state index in [-0.39, 0.29) is 0 Å². The minimum atomic E-state index is -0.430. The summed E-state index contributed by atoms with van der Waals surface area (Å²) in [4.78, 5) is 12.3. The monoisotopic (exact) mass is 276 g/mol. The first kappa shape index (κ1) is 12.9. The number of rotatable bonds is 1. The third-order valence-electron chi connectivity index (χ3n) is 3.47. The van der Waals surface area contributed by atoms with Gasteiger partial charge in [-0.3, -0.25) is 0 Å². The number of fused-ring (bicyclic) bond motifs is 1. The summed E-state index contributed by atoms with van der Waals surface area (Å²) in [5.41, 5.74) is 8.77. The maximum atomic E-state index is 12.3. The number of anilines is 1. The van der Waals surface area contributed by atoms with Gasteiger partial charge < -0.3 is 10.2 Å². The molecular formula is C17H12N2O2. The highest BCUT2D eigenvalue weighted by atomic mass is 16.4. The molecule has 3 aromatic rings. The number of nitrogen functional groups attached to an aromatic ring is 1. The van der Waals surface area contributed by atoms with Gasteiger partial charge in [0, 0.05) is 17.1 Å². The van der Waals surface area contributed by atoms with Crippen molar-refractivity contribution in [2.24, 2.45) is 0 Å². The molecule has 0 fully saturated rings. The molecule has 0 atom stereocenters. The fourth-order valence-corrected chi connectivity index (χ4v) is 2.45. The van der Waals surface area contributed by atoms with Gasteiger partial charge in [-0.1, -0.05) is 12.1 Å². The van der Waals surface area contributed by atoms with E-state index in [1.807, 2.05) is 13.0 Å². The zero-order valence-corrected chi connectivity index (χ0v) is 11.4. The van der Waals surface area contributed by atoms with Crippen LogP contribution in [0.4, 0.5) is 5.69 Å². The Bertz CT molecular complexity index is 949. The van der Waals surface area contributed by atoms with E-state index in [1.165, 1.54) is 0 Å². The zero-order chi connectivity index (χ0) is 15.0. The second kappa shape index (κ2) is 4.80. The van der Waals surface area contributed by atoms with Crippen LogP contribution in [0.3, 0.4) is 0 Å². The van der Waals surface area contributed by atoms with E-state index >= 15 is 0 Å². The Kier molecular flexibility index (Phi) is 2.96. The van der Waals surface area contributed by atoms with Crippen LogP contribution in [0.15, 0.2) is 51.7 Å². The van der Waals surface area contributed by atoms with Crippen LogP contribution in [0.5, 0.6) is 0 Å². The minimum Gasteiger partial charge on any atom is -0.422 e. The predicted molar refractivity (Wildman–Crippen MR) is 81.8 cm³/mol. The molecule has 0 amide bonds. The van der Waals surface area contributed by atoms with Crippen LogP contribution < -0.4 is 11.4 Å². The first-order valence-electron chi connectivity index (χ1n) is 6.43. The van der Waals surface area contributed by atoms with E-state index in [0.717, 1.165) is 10.9 Å². The molecule has 4 nitrogen and oxygen atoms in total. The van der Waals surface area contributed by atoms with Gasteiger partial charge in [-0.2, -0.15) is 5.26 Å². The van der Waals surface area contributed by atoms with Crippen LogP contribution in [-0.2, 0) is 0 Å². The summed E-state index contributed by atoms with van der Waals surface area (Å²) in [5.74, 6) is 0. The average molecular weight is 276 g/mol. The topological polar surface area (TPSA) is 80.0 Å². The third kappa shape index (κ3) is 2.15. The van der Waals surface area contributed by atoms with Crippen LogP contribution in [-0.4, -0.2) is 0 Å². The maximum absolute atomic E-state index is 12.3. The van der Waals surface area contributed by atoms with Gasteiger partial charge in [0.1, 0.15) is 5.58 Å². The smallest absolute Gasteiger partial charge is 0.344 e. The van der Waals surface area contributed by atoms with Gasteiger partial charge in [0.25, 0.3) is 0 Å². The predicted octanol–water partition coefficient (Wildman–Crippen LogP) is 3.22. The molecule has 0 aliphatic rings. The molecule has 1 aromatic heterocycles. The molecule has 0 aliphatic carbocycles. The largest absolute Gasteiger partial charge is 0.422 e. The Morgan fingerprint density at radius 1 is 1.19 bits per heavy atom. The number of hydrogen-bond acceptors (Lipinski definition) is 4. The SMILES string of the molecule is Cc1c(-c2cccc(C#N)c2)c(=O)oc2cc(N)ccc12. The van der Waals surface area contributed by atoms with Crippen molar-refractivity contribution < 1.29 is 4.42 Å². The molecule has 21 heavy (non-hydrogen) atoms. The summed E-state index contributed by atoms with van der Waals surface area (Å²) in [7, 11) is 0. The van der Waals surface area contributed by atoms with Gasteiger partial charge >= 0.3 is 5.63 Å². The Labute approximate surface area is 121 Å². The van der Waals surface area contributed by atoms with Crippen molar-refractivity contribution in [2.75, 3.05) is 5.73 Å². The standard InChI is InChI=1S/C17H12N2O2/c1-10-14-6-5-13(19)8-15(14)21-17(20)16(10)12-4-2-3-11(7-12)9-18/h2-8H,19H2,1H3. The van der Waals surface area contributed by atoms with Gasteiger partial charge in [0.05, 0.1) is 17.2 Å². The van der Waals surface area contributed by atoms with E-state index in [4.69, 9.17) is 15.4 Å². The number of hydrogen-bond donors (Lipinski definition) is 1. The highest BCUT2D eigenvalue weighted by molar-refractivity contribution is 5.88. The Balaban J connectivity index is 2.35. The molecule has 4 heteroatoms. The van der Waals surface area contributed by atoms with Gasteiger partial charge in [-0.15, -0.1) is 0 Å². The van der Waals surface area contributed by atoms with E-state index in [9.17, 15) is 4.79 Å². The average Bonchev–Trinajstić information content (AvgIpc) is 2.47. The Hall–Kier alpha value is -3.06. The van der Waals surface area contributed by atoms with Crippen LogP contribution in [0.25, 0.3) is 22.1 Å². The molecule has 0 bridgehead atoms. The van der Waals surface area contributed by atoms with E-state index in [2.05, 4.69) is 6.07 Å². The summed E-state index contributed by atoms with van der Waals surface area (Å²) in [5, 5.41) is 9.82. The first-order valence-corrected chi connectivity index (χ1v) is 6.43. The maximum Gasteiger partial charge on any atom is 0.344 e. The molecule has 0 saturated heterocycles. The second-order valence-corrected chi connectivity index (χ2v) is 4.84. The third-order valence-corrected chi connectivity index (χ3v) is 3.47. The molecule has 0 aliphatic heterocycles. The first-order chi connectivity index (χ1) is 10.1. The van der Waals surface area contributed by atoms with Crippen LogP contribution in [0.2, 0.25) is 0 Å². The lowest BCUT2D eigenvalue weighted by molar-refractivity contribution is 0.562. The van der Waals surface area contributed by atoms with Crippen molar-refractivity contribution in [3.63, 3.8) is 0 Å². The number of benzene rings is 2. The lowest BCUT2D eigenvalue weighted by atomic mass is 9.98. The van der Waals surface area contributed by atoms with Crippen molar-refractivity contribution in [2.45, 2.75) is 6.92 Å². The van der Waals surface area contributed by atoms with Crippen molar-refractivity contribution in [1.29, 1.82) is 5.26 Å². The molecule has 0 saturated carbocycles. The van der Waals surface area contributed by atoms with Crippen molar-refractivity contribution in [1.82, 2.24) is 0 Å². The van der Waals surface area contributed by atoms with Crippen LogP contribution in [0, 0.1) is 18.3 Å². The van der Waals surface area contributed by atoms with Crippen molar-refractivity contribution >= 4 is 16.7 Å². The fourth-order valence-electron chi connectivity index (χ4n) is 2.45. The lowest BCUT2D eigenvalue weighted by Crippen LogP contribution is -2.06. The normalized spacial score (nSPS) is 10.5. The zero-order valence-electron chi connectivity index (χ0n) is 11.4. The Morgan fingerprint density at radius 2 is 2.00 bits per heavy atom. The van der Waals surface area contributed by atoms with Gasteiger partial charge in [-0.25, -0.2) is 4.79 Å². The molecule has 0 spiro atoms. The summed E-state index contributed by atoms with van der Waals surface area (Å²) in [6.07, 6.45) is 0. The van der Waals surface area contributed by atoms with Gasteiger partial charge in [-0.05, 0) is 42.3 Å². The summed E-state index contributed by atoms with van der Waals surface area (Å²) in [6.45, 7) is 1.86. The summed E-state index contributed by atoms with van der Waals surface area (Å²) in [6, 6.07) is 14.2. The number of nitriles is 1. The lowest BCUT2D eigenvalue weighted by Gasteiger charge is -2.08. The molecule has 0 radical (unpaired) electrons. The van der Waals surface area contributed by atoms with Gasteiger partial charge in [0.15, 0.2) is 0 Å². The molecule has 2 aromatic carbocycles. The van der Waals surface area contributed by atoms with Gasteiger partial charge in [0.2, 0.25) is 0 Å². The Morgan fingerprint density at radius 3 is 2.76 bits per heavy atom. The molecule has 102 valence electrons. The van der Waals surface area contributed by atoms with E-state index in [0.29, 0.717) is 28.0 Å². The van der Waals surface area contributed by atoms with Crippen LogP contribution >= 0.6 is 0 Å². The summed E-state index contributed by atoms with van der Waals surface area (Å²) >= 11 is 0. The van der Waals surface area contributed by atoms with E-state index in [1.54, 1.807) is 36.4 Å².